The Balaban J connectivity index is 1.86. The lowest BCUT2D eigenvalue weighted by atomic mass is 10.0. The van der Waals surface area contributed by atoms with E-state index in [0.29, 0.717) is 22.6 Å². The molecule has 0 aliphatic carbocycles. The molecule has 0 fully saturated rings. The van der Waals surface area contributed by atoms with Crippen molar-refractivity contribution < 1.29 is 14.3 Å². The predicted octanol–water partition coefficient (Wildman–Crippen LogP) is 5.27. The van der Waals surface area contributed by atoms with Gasteiger partial charge in [0.2, 0.25) is 0 Å². The number of rotatable bonds is 6. The van der Waals surface area contributed by atoms with E-state index in [1.807, 2.05) is 62.4 Å². The van der Waals surface area contributed by atoms with E-state index in [4.69, 9.17) is 4.74 Å². The summed E-state index contributed by atoms with van der Waals surface area (Å²) in [5, 5.41) is 3.22. The van der Waals surface area contributed by atoms with Gasteiger partial charge in [0, 0.05) is 11.3 Å². The third kappa shape index (κ3) is 3.66. The molecule has 5 nitrogen and oxygen atoms in total. The number of para-hydroxylation sites is 1. The van der Waals surface area contributed by atoms with Crippen LogP contribution >= 0.6 is 0 Å². The molecule has 0 spiro atoms. The molecule has 0 atom stereocenters. The predicted molar refractivity (Wildman–Crippen MR) is 128 cm³/mol. The fourth-order valence-corrected chi connectivity index (χ4v) is 3.91. The second-order valence-electron chi connectivity index (χ2n) is 7.79. The molecule has 0 unspecified atom stereocenters. The molecule has 2 amide bonds. The summed E-state index contributed by atoms with van der Waals surface area (Å²) in [7, 11) is 1.56. The van der Waals surface area contributed by atoms with Gasteiger partial charge in [0.1, 0.15) is 11.4 Å². The number of ether oxygens (including phenoxy) is 1. The molecule has 0 saturated heterocycles. The van der Waals surface area contributed by atoms with E-state index in [1.54, 1.807) is 25.3 Å². The molecule has 1 aliphatic heterocycles. The van der Waals surface area contributed by atoms with E-state index in [-0.39, 0.29) is 17.5 Å². The molecule has 1 N–H and O–H groups in total. The van der Waals surface area contributed by atoms with Crippen LogP contribution in [0.3, 0.4) is 0 Å². The number of carbonyl (C=O) groups is 2. The fraction of sp³-hybridized carbons (Fsp3) is 0.185. The van der Waals surface area contributed by atoms with Gasteiger partial charge in [-0.05, 0) is 61.2 Å². The SMILES string of the molecule is CCc1ccc(NC2=C(c3ccccc3OC)C(=O)N(c3cccc(C)c3C)C2=O)cc1. The lowest BCUT2D eigenvalue weighted by Crippen LogP contribution is -2.33. The first-order valence-corrected chi connectivity index (χ1v) is 10.6. The second-order valence-corrected chi connectivity index (χ2v) is 7.79. The molecular formula is C27H26N2O3. The van der Waals surface area contributed by atoms with Gasteiger partial charge in [0.15, 0.2) is 0 Å². The van der Waals surface area contributed by atoms with E-state index in [2.05, 4.69) is 12.2 Å². The smallest absolute Gasteiger partial charge is 0.282 e. The van der Waals surface area contributed by atoms with Gasteiger partial charge < -0.3 is 10.1 Å². The molecule has 32 heavy (non-hydrogen) atoms. The maximum Gasteiger partial charge on any atom is 0.282 e. The van der Waals surface area contributed by atoms with Crippen LogP contribution in [0.2, 0.25) is 0 Å². The van der Waals surface area contributed by atoms with Crippen molar-refractivity contribution in [2.45, 2.75) is 27.2 Å². The van der Waals surface area contributed by atoms with Gasteiger partial charge >= 0.3 is 0 Å². The maximum atomic E-state index is 13.7. The third-order valence-electron chi connectivity index (χ3n) is 5.91. The lowest BCUT2D eigenvalue weighted by Gasteiger charge is -2.19. The zero-order valence-electron chi connectivity index (χ0n) is 18.7. The number of hydrogen-bond acceptors (Lipinski definition) is 4. The minimum Gasteiger partial charge on any atom is -0.496 e. The highest BCUT2D eigenvalue weighted by atomic mass is 16.5. The maximum absolute atomic E-state index is 13.7. The van der Waals surface area contributed by atoms with Gasteiger partial charge in [-0.1, -0.05) is 49.4 Å². The van der Waals surface area contributed by atoms with E-state index >= 15 is 0 Å². The van der Waals surface area contributed by atoms with Crippen molar-refractivity contribution in [1.82, 2.24) is 0 Å². The minimum atomic E-state index is -0.385. The number of nitrogens with one attached hydrogen (secondary N) is 1. The zero-order valence-corrected chi connectivity index (χ0v) is 18.7. The first kappa shape index (κ1) is 21.4. The molecular weight excluding hydrogens is 400 g/mol. The fourth-order valence-electron chi connectivity index (χ4n) is 3.91. The van der Waals surface area contributed by atoms with Gasteiger partial charge in [-0.25, -0.2) is 4.90 Å². The summed E-state index contributed by atoms with van der Waals surface area (Å²) in [6.45, 7) is 5.97. The standard InChI is InChI=1S/C27H26N2O3/c1-5-19-13-15-20(16-14-19)28-25-24(21-10-6-7-12-23(21)32-4)26(30)29(27(25)31)22-11-8-9-17(2)18(22)3/h6-16,28H,5H2,1-4H3. The minimum absolute atomic E-state index is 0.240. The van der Waals surface area contributed by atoms with E-state index in [9.17, 15) is 9.59 Å². The number of aryl methyl sites for hydroxylation is 2. The van der Waals surface area contributed by atoms with Crippen LogP contribution in [-0.2, 0) is 16.0 Å². The molecule has 0 bridgehead atoms. The highest BCUT2D eigenvalue weighted by molar-refractivity contribution is 6.46. The molecule has 5 heteroatoms. The summed E-state index contributed by atoms with van der Waals surface area (Å²) >= 11 is 0. The van der Waals surface area contributed by atoms with Crippen LogP contribution in [0.1, 0.15) is 29.2 Å². The molecule has 0 saturated carbocycles. The molecule has 4 rings (SSSR count). The molecule has 1 aliphatic rings. The number of hydrogen-bond donors (Lipinski definition) is 1. The van der Waals surface area contributed by atoms with Crippen molar-refractivity contribution in [2.24, 2.45) is 0 Å². The van der Waals surface area contributed by atoms with Gasteiger partial charge in [0.25, 0.3) is 11.8 Å². The second kappa shape index (κ2) is 8.71. The van der Waals surface area contributed by atoms with Crippen LogP contribution < -0.4 is 15.0 Å². The Morgan fingerprint density at radius 3 is 2.28 bits per heavy atom. The van der Waals surface area contributed by atoms with Crippen molar-refractivity contribution in [2.75, 3.05) is 17.3 Å². The highest BCUT2D eigenvalue weighted by Gasteiger charge is 2.41. The number of benzene rings is 3. The molecule has 1 heterocycles. The molecule has 0 aromatic heterocycles. The van der Waals surface area contributed by atoms with E-state index < -0.39 is 0 Å². The topological polar surface area (TPSA) is 58.6 Å². The number of amides is 2. The van der Waals surface area contributed by atoms with Crippen molar-refractivity contribution >= 4 is 28.8 Å². The Bertz CT molecular complexity index is 1230. The number of carbonyl (C=O) groups excluding carboxylic acids is 2. The Kier molecular flexibility index (Phi) is 5.82. The van der Waals surface area contributed by atoms with Crippen molar-refractivity contribution in [3.8, 4) is 5.75 Å². The van der Waals surface area contributed by atoms with Crippen LogP contribution in [0.15, 0.2) is 72.4 Å². The Morgan fingerprint density at radius 2 is 1.59 bits per heavy atom. The van der Waals surface area contributed by atoms with Gasteiger partial charge in [-0.15, -0.1) is 0 Å². The Morgan fingerprint density at radius 1 is 0.875 bits per heavy atom. The summed E-state index contributed by atoms with van der Waals surface area (Å²) in [5.74, 6) is -0.225. The number of anilines is 2. The van der Waals surface area contributed by atoms with Crippen molar-refractivity contribution in [3.63, 3.8) is 0 Å². The highest BCUT2D eigenvalue weighted by Crippen LogP contribution is 2.38. The Labute approximate surface area is 188 Å². The van der Waals surface area contributed by atoms with Crippen LogP contribution in [0.5, 0.6) is 5.75 Å². The first-order valence-electron chi connectivity index (χ1n) is 10.6. The molecule has 162 valence electrons. The summed E-state index contributed by atoms with van der Waals surface area (Å²) < 4.78 is 5.51. The average Bonchev–Trinajstić information content (AvgIpc) is 3.05. The van der Waals surface area contributed by atoms with Crippen LogP contribution in [0, 0.1) is 13.8 Å². The van der Waals surface area contributed by atoms with Crippen LogP contribution in [-0.4, -0.2) is 18.9 Å². The summed E-state index contributed by atoms with van der Waals surface area (Å²) in [4.78, 5) is 28.6. The monoisotopic (exact) mass is 426 g/mol. The molecule has 3 aromatic carbocycles. The zero-order chi connectivity index (χ0) is 22.8. The molecule has 0 radical (unpaired) electrons. The van der Waals surface area contributed by atoms with Crippen LogP contribution in [0.25, 0.3) is 5.57 Å². The molecule has 3 aromatic rings. The first-order chi connectivity index (χ1) is 15.5. The van der Waals surface area contributed by atoms with Crippen molar-refractivity contribution in [3.05, 3.63) is 94.7 Å². The van der Waals surface area contributed by atoms with Gasteiger partial charge in [-0.2, -0.15) is 0 Å². The average molecular weight is 427 g/mol. The van der Waals surface area contributed by atoms with Gasteiger partial charge in [-0.3, -0.25) is 9.59 Å². The van der Waals surface area contributed by atoms with Crippen molar-refractivity contribution in [1.29, 1.82) is 0 Å². The van der Waals surface area contributed by atoms with Crippen LogP contribution in [0.4, 0.5) is 11.4 Å². The Hall–Kier alpha value is -3.86. The number of nitrogens with zero attached hydrogens (tertiary/aromatic N) is 1. The third-order valence-corrected chi connectivity index (χ3v) is 5.91. The van der Waals surface area contributed by atoms with Gasteiger partial charge in [0.05, 0.1) is 18.4 Å². The normalized spacial score (nSPS) is 13.7. The van der Waals surface area contributed by atoms with E-state index in [0.717, 1.165) is 23.2 Å². The van der Waals surface area contributed by atoms with E-state index in [1.165, 1.54) is 10.5 Å². The quantitative estimate of drug-likeness (QED) is 0.546. The summed E-state index contributed by atoms with van der Waals surface area (Å²) in [5.41, 5.74) is 5.55. The number of methoxy groups -OCH3 is 1. The summed E-state index contributed by atoms with van der Waals surface area (Å²) in [6.07, 6.45) is 0.924. The number of imide groups is 1. The largest absolute Gasteiger partial charge is 0.496 e. The summed E-state index contributed by atoms with van der Waals surface area (Å²) in [6, 6.07) is 20.7. The lowest BCUT2D eigenvalue weighted by molar-refractivity contribution is -0.120.